The molecule has 0 radical (unpaired) electrons. The maximum absolute atomic E-state index is 12.4. The smallest absolute Gasteiger partial charge is 0.262 e. The minimum Gasteiger partial charge on any atom is -0.276 e. The van der Waals surface area contributed by atoms with Crippen LogP contribution in [-0.2, 0) is 16.6 Å². The molecule has 1 saturated carbocycles. The van der Waals surface area contributed by atoms with Gasteiger partial charge >= 0.3 is 0 Å². The minimum atomic E-state index is -3.56. The lowest BCUT2D eigenvalue weighted by Crippen LogP contribution is -2.14. The highest BCUT2D eigenvalue weighted by Crippen LogP contribution is 2.30. The first kappa shape index (κ1) is 14.1. The van der Waals surface area contributed by atoms with Gasteiger partial charge in [0.05, 0.1) is 16.8 Å². The molecule has 5 nitrogen and oxygen atoms in total. The molecule has 112 valence electrons. The number of anilines is 1. The first-order valence-electron chi connectivity index (χ1n) is 7.06. The van der Waals surface area contributed by atoms with Gasteiger partial charge in [0, 0.05) is 12.7 Å². The van der Waals surface area contributed by atoms with E-state index >= 15 is 0 Å². The van der Waals surface area contributed by atoms with Gasteiger partial charge in [0.2, 0.25) is 0 Å². The van der Waals surface area contributed by atoms with Gasteiger partial charge in [-0.05, 0) is 44.2 Å². The number of nitrogens with one attached hydrogen (secondary N) is 1. The van der Waals surface area contributed by atoms with Gasteiger partial charge in [-0.2, -0.15) is 5.10 Å². The first-order chi connectivity index (χ1) is 9.94. The Morgan fingerprint density at radius 2 is 2.10 bits per heavy atom. The van der Waals surface area contributed by atoms with Gasteiger partial charge in [-0.15, -0.1) is 0 Å². The molecule has 0 bridgehead atoms. The van der Waals surface area contributed by atoms with E-state index in [-0.39, 0.29) is 0 Å². The zero-order chi connectivity index (χ0) is 15.0. The topological polar surface area (TPSA) is 64.0 Å². The van der Waals surface area contributed by atoms with E-state index in [4.69, 9.17) is 0 Å². The molecule has 3 rings (SSSR count). The van der Waals surface area contributed by atoms with Crippen LogP contribution in [0.1, 0.15) is 24.0 Å². The quantitative estimate of drug-likeness (QED) is 0.923. The van der Waals surface area contributed by atoms with Gasteiger partial charge in [0.15, 0.2) is 0 Å². The van der Waals surface area contributed by atoms with E-state index in [2.05, 4.69) is 9.82 Å². The molecular weight excluding hydrogens is 286 g/mol. The molecule has 0 amide bonds. The van der Waals surface area contributed by atoms with Crippen molar-refractivity contribution in [3.05, 3.63) is 41.7 Å². The molecule has 1 heterocycles. The third kappa shape index (κ3) is 3.26. The van der Waals surface area contributed by atoms with Crippen LogP contribution in [0.15, 0.2) is 35.5 Å². The fraction of sp³-hybridized carbons (Fsp3) is 0.400. The largest absolute Gasteiger partial charge is 0.276 e. The average Bonchev–Trinajstić information content (AvgIpc) is 3.08. The Morgan fingerprint density at radius 1 is 1.33 bits per heavy atom. The molecule has 1 aromatic heterocycles. The van der Waals surface area contributed by atoms with Crippen LogP contribution in [0.3, 0.4) is 0 Å². The maximum Gasteiger partial charge on any atom is 0.262 e. The van der Waals surface area contributed by atoms with Crippen LogP contribution in [0.4, 0.5) is 5.69 Å². The standard InChI is InChI=1S/C15H19N3O2S/c1-11-3-6-15(12(2)7-11)21(19,20)17-14-8-16-18(10-14)9-13-4-5-13/h3,6-8,10,13,17H,4-5,9H2,1-2H3. The van der Waals surface area contributed by atoms with Crippen molar-refractivity contribution < 1.29 is 8.42 Å². The predicted molar refractivity (Wildman–Crippen MR) is 81.7 cm³/mol. The van der Waals surface area contributed by atoms with Crippen LogP contribution >= 0.6 is 0 Å². The predicted octanol–water partition coefficient (Wildman–Crippen LogP) is 2.71. The Labute approximate surface area is 125 Å². The van der Waals surface area contributed by atoms with Gasteiger partial charge in [-0.1, -0.05) is 17.7 Å². The molecule has 1 aromatic carbocycles. The zero-order valence-corrected chi connectivity index (χ0v) is 13.0. The Hall–Kier alpha value is -1.82. The number of hydrogen-bond acceptors (Lipinski definition) is 3. The lowest BCUT2D eigenvalue weighted by molar-refractivity contribution is 0.563. The molecule has 0 unspecified atom stereocenters. The van der Waals surface area contributed by atoms with Crippen LogP contribution in [-0.4, -0.2) is 18.2 Å². The molecule has 0 atom stereocenters. The number of rotatable bonds is 5. The summed E-state index contributed by atoms with van der Waals surface area (Å²) in [4.78, 5) is 0.308. The molecule has 0 saturated heterocycles. The highest BCUT2D eigenvalue weighted by atomic mass is 32.2. The van der Waals surface area contributed by atoms with Crippen LogP contribution in [0.5, 0.6) is 0 Å². The van der Waals surface area contributed by atoms with Crippen molar-refractivity contribution in [2.24, 2.45) is 5.92 Å². The van der Waals surface area contributed by atoms with Crippen LogP contribution in [0.25, 0.3) is 0 Å². The summed E-state index contributed by atoms with van der Waals surface area (Å²) in [7, 11) is -3.56. The second kappa shape index (κ2) is 5.18. The molecule has 1 fully saturated rings. The number of benzene rings is 1. The van der Waals surface area contributed by atoms with Crippen LogP contribution in [0, 0.1) is 19.8 Å². The van der Waals surface area contributed by atoms with Crippen molar-refractivity contribution in [3.8, 4) is 0 Å². The van der Waals surface area contributed by atoms with Gasteiger partial charge in [0.1, 0.15) is 0 Å². The van der Waals surface area contributed by atoms with Crippen molar-refractivity contribution in [1.82, 2.24) is 9.78 Å². The highest BCUT2D eigenvalue weighted by Gasteiger charge is 2.22. The summed E-state index contributed by atoms with van der Waals surface area (Å²) in [6, 6.07) is 5.31. The van der Waals surface area contributed by atoms with Crippen molar-refractivity contribution in [2.45, 2.75) is 38.1 Å². The summed E-state index contributed by atoms with van der Waals surface area (Å²) < 4.78 is 29.3. The second-order valence-corrected chi connectivity index (χ2v) is 7.42. The van der Waals surface area contributed by atoms with E-state index in [1.165, 1.54) is 12.8 Å². The average molecular weight is 305 g/mol. The van der Waals surface area contributed by atoms with Gasteiger partial charge < -0.3 is 0 Å². The third-order valence-electron chi connectivity index (χ3n) is 3.65. The number of nitrogens with zero attached hydrogens (tertiary/aromatic N) is 2. The van der Waals surface area contributed by atoms with E-state index < -0.39 is 10.0 Å². The Morgan fingerprint density at radius 3 is 2.76 bits per heavy atom. The second-order valence-electron chi connectivity index (χ2n) is 5.77. The minimum absolute atomic E-state index is 0.308. The monoisotopic (exact) mass is 305 g/mol. The lowest BCUT2D eigenvalue weighted by atomic mass is 10.2. The summed E-state index contributed by atoms with van der Waals surface area (Å²) in [6.45, 7) is 4.61. The van der Waals surface area contributed by atoms with Gasteiger partial charge in [-0.3, -0.25) is 9.40 Å². The summed E-state index contributed by atoms with van der Waals surface area (Å²) >= 11 is 0. The summed E-state index contributed by atoms with van der Waals surface area (Å²) in [5.41, 5.74) is 2.30. The van der Waals surface area contributed by atoms with Crippen molar-refractivity contribution in [1.29, 1.82) is 0 Å². The first-order valence-corrected chi connectivity index (χ1v) is 8.55. The summed E-state index contributed by atoms with van der Waals surface area (Å²) in [5.74, 6) is 0.703. The normalized spacial score (nSPS) is 15.1. The molecule has 1 aliphatic rings. The molecule has 1 N–H and O–H groups in total. The Kier molecular flexibility index (Phi) is 3.49. The lowest BCUT2D eigenvalue weighted by Gasteiger charge is -2.09. The third-order valence-corrected chi connectivity index (χ3v) is 5.19. The fourth-order valence-corrected chi connectivity index (χ4v) is 3.65. The van der Waals surface area contributed by atoms with Crippen LogP contribution < -0.4 is 4.72 Å². The summed E-state index contributed by atoms with van der Waals surface area (Å²) in [5, 5.41) is 4.20. The molecule has 21 heavy (non-hydrogen) atoms. The molecule has 1 aliphatic carbocycles. The fourth-order valence-electron chi connectivity index (χ4n) is 2.39. The maximum atomic E-state index is 12.4. The van der Waals surface area contributed by atoms with Crippen molar-refractivity contribution >= 4 is 15.7 Å². The number of hydrogen-bond donors (Lipinski definition) is 1. The van der Waals surface area contributed by atoms with Gasteiger partial charge in [0.25, 0.3) is 10.0 Å². The number of sulfonamides is 1. The van der Waals surface area contributed by atoms with E-state index in [1.807, 2.05) is 13.0 Å². The van der Waals surface area contributed by atoms with E-state index in [1.54, 1.807) is 36.1 Å². The summed E-state index contributed by atoms with van der Waals surface area (Å²) in [6.07, 6.45) is 5.79. The van der Waals surface area contributed by atoms with Gasteiger partial charge in [-0.25, -0.2) is 8.42 Å². The number of aromatic nitrogens is 2. The van der Waals surface area contributed by atoms with E-state index in [0.29, 0.717) is 16.5 Å². The van der Waals surface area contributed by atoms with E-state index in [9.17, 15) is 8.42 Å². The SMILES string of the molecule is Cc1ccc(S(=O)(=O)Nc2cnn(CC3CC3)c2)c(C)c1. The molecule has 0 aliphatic heterocycles. The number of aryl methyl sites for hydroxylation is 2. The molecule has 6 heteroatoms. The van der Waals surface area contributed by atoms with Crippen molar-refractivity contribution in [2.75, 3.05) is 4.72 Å². The van der Waals surface area contributed by atoms with Crippen LogP contribution in [0.2, 0.25) is 0 Å². The Bertz CT molecular complexity index is 761. The van der Waals surface area contributed by atoms with Crippen molar-refractivity contribution in [3.63, 3.8) is 0 Å². The Balaban J connectivity index is 1.80. The molecule has 2 aromatic rings. The van der Waals surface area contributed by atoms with E-state index in [0.717, 1.165) is 17.7 Å². The highest BCUT2D eigenvalue weighted by molar-refractivity contribution is 7.92. The molecule has 0 spiro atoms. The zero-order valence-electron chi connectivity index (χ0n) is 12.2. The molecular formula is C15H19N3O2S.